The van der Waals surface area contributed by atoms with Crippen molar-refractivity contribution in [3.63, 3.8) is 0 Å². The Morgan fingerprint density at radius 2 is 1.92 bits per heavy atom. The highest BCUT2D eigenvalue weighted by Crippen LogP contribution is 2.24. The van der Waals surface area contributed by atoms with E-state index in [1.807, 2.05) is 25.9 Å². The van der Waals surface area contributed by atoms with Gasteiger partial charge in [0.1, 0.15) is 6.10 Å². The van der Waals surface area contributed by atoms with E-state index in [1.54, 1.807) is 36.7 Å². The molecule has 2 aromatic rings. The van der Waals surface area contributed by atoms with Crippen LogP contribution >= 0.6 is 0 Å². The van der Waals surface area contributed by atoms with Gasteiger partial charge in [-0.3, -0.25) is 4.98 Å². The minimum absolute atomic E-state index is 0.230. The molecule has 1 aliphatic heterocycles. The summed E-state index contributed by atoms with van der Waals surface area (Å²) >= 11 is 0. The van der Waals surface area contributed by atoms with E-state index in [0.717, 1.165) is 5.56 Å². The van der Waals surface area contributed by atoms with Gasteiger partial charge in [0.2, 0.25) is 15.9 Å². The second-order valence-electron chi connectivity index (χ2n) is 6.31. The molecule has 0 N–H and O–H groups in total. The first-order valence-corrected chi connectivity index (χ1v) is 9.53. The molecule has 3 rings (SSSR count). The maximum Gasteiger partial charge on any atom is 0.243 e. The van der Waals surface area contributed by atoms with Gasteiger partial charge < -0.3 is 9.64 Å². The second kappa shape index (κ2) is 6.97. The first kappa shape index (κ1) is 17.6. The van der Waals surface area contributed by atoms with Crippen molar-refractivity contribution in [2.24, 2.45) is 0 Å². The van der Waals surface area contributed by atoms with Crippen LogP contribution in [-0.2, 0) is 10.0 Å². The Morgan fingerprint density at radius 1 is 1.20 bits per heavy atom. The third kappa shape index (κ3) is 3.91. The molecule has 0 spiro atoms. The highest BCUT2D eigenvalue weighted by molar-refractivity contribution is 7.89. The minimum Gasteiger partial charge on any atom is -0.472 e. The van der Waals surface area contributed by atoms with Gasteiger partial charge in [0.15, 0.2) is 5.82 Å². The number of aromatic nitrogens is 2. The van der Waals surface area contributed by atoms with Crippen LogP contribution in [0.15, 0.2) is 41.6 Å². The lowest BCUT2D eigenvalue weighted by Gasteiger charge is -2.17. The topological polar surface area (TPSA) is 75.6 Å². The molecule has 2 heterocycles. The van der Waals surface area contributed by atoms with Crippen LogP contribution in [0, 0.1) is 6.92 Å². The monoisotopic (exact) mass is 362 g/mol. The molecule has 1 atom stereocenters. The molecule has 1 aromatic heterocycles. The molecule has 0 saturated carbocycles. The average molecular weight is 362 g/mol. The molecule has 7 nitrogen and oxygen atoms in total. The summed E-state index contributed by atoms with van der Waals surface area (Å²) in [7, 11) is 0.255. The Bertz CT molecular complexity index is 837. The van der Waals surface area contributed by atoms with Gasteiger partial charge >= 0.3 is 0 Å². The molecule has 1 saturated heterocycles. The molecule has 0 bridgehead atoms. The van der Waals surface area contributed by atoms with Gasteiger partial charge in [-0.2, -0.15) is 9.29 Å². The number of hydrogen-bond acceptors (Lipinski definition) is 6. The molecule has 0 amide bonds. The number of benzene rings is 1. The third-order valence-electron chi connectivity index (χ3n) is 4.11. The summed E-state index contributed by atoms with van der Waals surface area (Å²) in [6, 6.07) is 6.90. The zero-order chi connectivity index (χ0) is 18.0. The lowest BCUT2D eigenvalue weighted by molar-refractivity contribution is 0.206. The smallest absolute Gasteiger partial charge is 0.243 e. The summed E-state index contributed by atoms with van der Waals surface area (Å²) in [5, 5.41) is 0. The van der Waals surface area contributed by atoms with E-state index in [-0.39, 0.29) is 6.10 Å². The molecule has 1 aliphatic rings. The quantitative estimate of drug-likeness (QED) is 0.806. The number of rotatable bonds is 5. The maximum atomic E-state index is 12.7. The van der Waals surface area contributed by atoms with E-state index in [9.17, 15) is 8.42 Å². The van der Waals surface area contributed by atoms with Crippen LogP contribution in [0.25, 0.3) is 0 Å². The largest absolute Gasteiger partial charge is 0.472 e. The van der Waals surface area contributed by atoms with E-state index >= 15 is 0 Å². The summed E-state index contributed by atoms with van der Waals surface area (Å²) in [4.78, 5) is 10.6. The van der Waals surface area contributed by atoms with Crippen LogP contribution in [0.1, 0.15) is 12.0 Å². The highest BCUT2D eigenvalue weighted by Gasteiger charge is 2.33. The summed E-state index contributed by atoms with van der Waals surface area (Å²) in [6.07, 6.45) is 3.59. The van der Waals surface area contributed by atoms with Crippen LogP contribution in [-0.4, -0.2) is 56.0 Å². The lowest BCUT2D eigenvalue weighted by atomic mass is 10.2. The molecular weight excluding hydrogens is 340 g/mol. The first-order valence-electron chi connectivity index (χ1n) is 8.09. The Labute approximate surface area is 148 Å². The summed E-state index contributed by atoms with van der Waals surface area (Å²) in [6.45, 7) is 2.67. The van der Waals surface area contributed by atoms with Crippen molar-refractivity contribution in [2.75, 3.05) is 32.1 Å². The van der Waals surface area contributed by atoms with Gasteiger partial charge in [-0.25, -0.2) is 8.42 Å². The molecule has 1 aromatic carbocycles. The fourth-order valence-corrected chi connectivity index (χ4v) is 4.14. The van der Waals surface area contributed by atoms with Crippen molar-refractivity contribution in [1.82, 2.24) is 14.3 Å². The Kier molecular flexibility index (Phi) is 4.91. The highest BCUT2D eigenvalue weighted by atomic mass is 32.2. The Morgan fingerprint density at radius 3 is 2.60 bits per heavy atom. The third-order valence-corrected chi connectivity index (χ3v) is 5.99. The molecule has 134 valence electrons. The SMILES string of the molecule is Cc1ccc(S(=O)(=O)N2CCC(Oc3cncc(N(C)C)n3)C2)cc1. The van der Waals surface area contributed by atoms with Crippen molar-refractivity contribution in [2.45, 2.75) is 24.3 Å². The Hall–Kier alpha value is -2.19. The van der Waals surface area contributed by atoms with Gasteiger partial charge in [0, 0.05) is 20.6 Å². The van der Waals surface area contributed by atoms with E-state index in [0.29, 0.717) is 36.1 Å². The van der Waals surface area contributed by atoms with Gasteiger partial charge in [0.25, 0.3) is 0 Å². The van der Waals surface area contributed by atoms with Crippen molar-refractivity contribution in [1.29, 1.82) is 0 Å². The molecule has 1 unspecified atom stereocenters. The van der Waals surface area contributed by atoms with Gasteiger partial charge in [-0.1, -0.05) is 17.7 Å². The maximum absolute atomic E-state index is 12.7. The normalized spacial score (nSPS) is 18.3. The van der Waals surface area contributed by atoms with Crippen molar-refractivity contribution < 1.29 is 13.2 Å². The fraction of sp³-hybridized carbons (Fsp3) is 0.412. The van der Waals surface area contributed by atoms with Crippen molar-refractivity contribution in [3.05, 3.63) is 42.2 Å². The van der Waals surface area contributed by atoms with E-state index in [4.69, 9.17) is 4.74 Å². The van der Waals surface area contributed by atoms with Gasteiger partial charge in [0.05, 0.1) is 23.8 Å². The number of sulfonamides is 1. The first-order chi connectivity index (χ1) is 11.9. The van der Waals surface area contributed by atoms with Crippen LogP contribution in [0.2, 0.25) is 0 Å². The van der Waals surface area contributed by atoms with Crippen molar-refractivity contribution >= 4 is 15.8 Å². The van der Waals surface area contributed by atoms with Gasteiger partial charge in [-0.05, 0) is 25.5 Å². The molecule has 0 radical (unpaired) electrons. The lowest BCUT2D eigenvalue weighted by Crippen LogP contribution is -2.31. The Balaban J connectivity index is 1.69. The van der Waals surface area contributed by atoms with Crippen LogP contribution in [0.3, 0.4) is 0 Å². The molecule has 1 fully saturated rings. The van der Waals surface area contributed by atoms with Crippen molar-refractivity contribution in [3.8, 4) is 5.88 Å². The predicted octanol–water partition coefficient (Wildman–Crippen LogP) is 1.69. The van der Waals surface area contributed by atoms with Crippen LogP contribution in [0.4, 0.5) is 5.82 Å². The second-order valence-corrected chi connectivity index (χ2v) is 8.25. The minimum atomic E-state index is -3.49. The molecule has 0 aliphatic carbocycles. The summed E-state index contributed by atoms with van der Waals surface area (Å²) in [5.74, 6) is 1.10. The van der Waals surface area contributed by atoms with E-state index in [2.05, 4.69) is 9.97 Å². The van der Waals surface area contributed by atoms with E-state index in [1.165, 1.54) is 4.31 Å². The zero-order valence-corrected chi connectivity index (χ0v) is 15.4. The molecular formula is C17H22N4O3S. The zero-order valence-electron chi connectivity index (χ0n) is 14.6. The number of aryl methyl sites for hydroxylation is 1. The average Bonchev–Trinajstić information content (AvgIpc) is 3.05. The summed E-state index contributed by atoms with van der Waals surface area (Å²) < 4.78 is 32.7. The number of ether oxygens (including phenoxy) is 1. The van der Waals surface area contributed by atoms with Crippen LogP contribution in [0.5, 0.6) is 5.88 Å². The summed E-state index contributed by atoms with van der Waals surface area (Å²) in [5.41, 5.74) is 1.03. The standard InChI is InChI=1S/C17H22N4O3S/c1-13-4-6-15(7-5-13)25(22,23)21-9-8-14(12-21)24-17-11-18-10-16(19-17)20(2)3/h4-7,10-11,14H,8-9,12H2,1-3H3. The molecule has 8 heteroatoms. The fourth-order valence-electron chi connectivity index (χ4n) is 2.65. The van der Waals surface area contributed by atoms with Gasteiger partial charge in [-0.15, -0.1) is 0 Å². The number of hydrogen-bond donors (Lipinski definition) is 0. The molecule has 25 heavy (non-hydrogen) atoms. The van der Waals surface area contributed by atoms with Crippen LogP contribution < -0.4 is 9.64 Å². The number of nitrogens with zero attached hydrogens (tertiary/aromatic N) is 4. The predicted molar refractivity (Wildman–Crippen MR) is 95.3 cm³/mol. The van der Waals surface area contributed by atoms with E-state index < -0.39 is 10.0 Å². The number of anilines is 1.